The fraction of sp³-hybridized carbons (Fsp3) is 0.150. The smallest absolute Gasteiger partial charge is 0.329 e. The molecular weight excluding hydrogens is 424 g/mol. The van der Waals surface area contributed by atoms with Gasteiger partial charge in [0, 0.05) is 17.8 Å². The molecule has 2 aromatic carbocycles. The van der Waals surface area contributed by atoms with Gasteiger partial charge in [-0.25, -0.2) is 9.69 Å². The molecule has 12 heteroatoms. The van der Waals surface area contributed by atoms with Crippen LogP contribution < -0.4 is 20.1 Å². The first-order valence-electron chi connectivity index (χ1n) is 9.07. The molecule has 0 aromatic heterocycles. The predicted molar refractivity (Wildman–Crippen MR) is 111 cm³/mol. The summed E-state index contributed by atoms with van der Waals surface area (Å²) >= 11 is 0. The molecule has 1 aliphatic heterocycles. The van der Waals surface area contributed by atoms with E-state index < -0.39 is 29.3 Å². The van der Waals surface area contributed by atoms with Crippen molar-refractivity contribution in [1.82, 2.24) is 10.2 Å². The van der Waals surface area contributed by atoms with Gasteiger partial charge in [0.05, 0.1) is 19.1 Å². The van der Waals surface area contributed by atoms with Gasteiger partial charge in [-0.2, -0.15) is 0 Å². The largest absolute Gasteiger partial charge is 0.502 e. The topological polar surface area (TPSA) is 160 Å². The van der Waals surface area contributed by atoms with Crippen molar-refractivity contribution in [1.29, 1.82) is 0 Å². The average Bonchev–Trinajstić information content (AvgIpc) is 3.02. The van der Waals surface area contributed by atoms with Crippen LogP contribution in [0, 0.1) is 10.1 Å². The Balaban J connectivity index is 1.73. The van der Waals surface area contributed by atoms with Crippen molar-refractivity contribution in [3.8, 4) is 17.2 Å². The fourth-order valence-corrected chi connectivity index (χ4v) is 2.89. The number of nitro groups is 1. The van der Waals surface area contributed by atoms with E-state index in [1.807, 2.05) is 0 Å². The van der Waals surface area contributed by atoms with E-state index in [1.165, 1.54) is 56.7 Å². The molecule has 166 valence electrons. The normalized spacial score (nSPS) is 14.3. The maximum Gasteiger partial charge on any atom is 0.329 e. The fourth-order valence-electron chi connectivity index (χ4n) is 2.89. The van der Waals surface area contributed by atoms with Crippen LogP contribution in [-0.4, -0.2) is 53.5 Å². The summed E-state index contributed by atoms with van der Waals surface area (Å²) in [6, 6.07) is 7.17. The van der Waals surface area contributed by atoms with Gasteiger partial charge in [-0.3, -0.25) is 19.7 Å². The highest BCUT2D eigenvalue weighted by atomic mass is 16.6. The minimum Gasteiger partial charge on any atom is -0.502 e. The first-order valence-corrected chi connectivity index (χ1v) is 9.07. The lowest BCUT2D eigenvalue weighted by Gasteiger charge is -2.12. The predicted octanol–water partition coefficient (Wildman–Crippen LogP) is 1.85. The Bertz CT molecular complexity index is 1100. The van der Waals surface area contributed by atoms with Crippen LogP contribution in [0.5, 0.6) is 17.2 Å². The lowest BCUT2D eigenvalue weighted by Crippen LogP contribution is -2.38. The van der Waals surface area contributed by atoms with Crippen molar-refractivity contribution in [2.24, 2.45) is 0 Å². The number of phenolic OH excluding ortho intramolecular Hbond substituents is 1. The monoisotopic (exact) mass is 442 g/mol. The molecule has 0 atom stereocenters. The van der Waals surface area contributed by atoms with Crippen LogP contribution >= 0.6 is 0 Å². The van der Waals surface area contributed by atoms with Crippen molar-refractivity contribution in [3.63, 3.8) is 0 Å². The van der Waals surface area contributed by atoms with Crippen LogP contribution in [0.25, 0.3) is 6.08 Å². The number of benzene rings is 2. The van der Waals surface area contributed by atoms with Crippen molar-refractivity contribution < 1.29 is 33.9 Å². The number of methoxy groups -OCH3 is 2. The Morgan fingerprint density at radius 1 is 1.19 bits per heavy atom. The summed E-state index contributed by atoms with van der Waals surface area (Å²) in [5, 5.41) is 25.5. The zero-order valence-electron chi connectivity index (χ0n) is 16.9. The van der Waals surface area contributed by atoms with Gasteiger partial charge in [0.15, 0.2) is 11.5 Å². The molecule has 12 nitrogen and oxygen atoms in total. The Morgan fingerprint density at radius 3 is 2.31 bits per heavy atom. The Kier molecular flexibility index (Phi) is 6.24. The van der Waals surface area contributed by atoms with Crippen LogP contribution in [0.1, 0.15) is 5.56 Å². The first-order chi connectivity index (χ1) is 15.2. The average molecular weight is 442 g/mol. The Morgan fingerprint density at radius 2 is 1.78 bits per heavy atom. The van der Waals surface area contributed by atoms with Crippen molar-refractivity contribution >= 4 is 35.3 Å². The molecule has 0 aliphatic carbocycles. The molecule has 3 rings (SSSR count). The molecule has 2 aromatic rings. The van der Waals surface area contributed by atoms with Crippen LogP contribution in [-0.2, 0) is 9.59 Å². The summed E-state index contributed by atoms with van der Waals surface area (Å²) in [4.78, 5) is 47.9. The molecule has 0 saturated carbocycles. The van der Waals surface area contributed by atoms with Crippen LogP contribution in [0.3, 0.4) is 0 Å². The minimum absolute atomic E-state index is 0.0899. The molecule has 3 N–H and O–H groups in total. The number of aromatic hydroxyl groups is 1. The molecule has 1 aliphatic rings. The zero-order chi connectivity index (χ0) is 23.4. The van der Waals surface area contributed by atoms with E-state index in [4.69, 9.17) is 9.47 Å². The van der Waals surface area contributed by atoms with Crippen molar-refractivity contribution in [3.05, 3.63) is 57.8 Å². The number of nitrogens with one attached hydrogen (secondary N) is 2. The highest BCUT2D eigenvalue weighted by Gasteiger charge is 2.35. The summed E-state index contributed by atoms with van der Waals surface area (Å²) in [6.45, 7) is -0.568. The minimum atomic E-state index is -0.794. The summed E-state index contributed by atoms with van der Waals surface area (Å²) in [5.74, 6) is -1.42. The van der Waals surface area contributed by atoms with Gasteiger partial charge in [0.1, 0.15) is 12.2 Å². The summed E-state index contributed by atoms with van der Waals surface area (Å²) in [5.41, 5.74) is 0.436. The third kappa shape index (κ3) is 4.59. The summed E-state index contributed by atoms with van der Waals surface area (Å²) in [6.07, 6.45) is 1.35. The summed E-state index contributed by atoms with van der Waals surface area (Å²) in [7, 11) is 2.69. The SMILES string of the molecule is COc1cc(/C=C2\NC(=O)N(CC(=O)Nc3ccc([N+](=O)[O-])cc3)C2=O)cc(OC)c1O. The van der Waals surface area contributed by atoms with E-state index in [0.29, 0.717) is 10.5 Å². The third-order valence-corrected chi connectivity index (χ3v) is 4.44. The van der Waals surface area contributed by atoms with Gasteiger partial charge in [-0.05, 0) is 35.9 Å². The highest BCUT2D eigenvalue weighted by molar-refractivity contribution is 6.16. The maximum absolute atomic E-state index is 12.6. The van der Waals surface area contributed by atoms with Gasteiger partial charge in [-0.15, -0.1) is 0 Å². The number of imide groups is 1. The van der Waals surface area contributed by atoms with Crippen LogP contribution in [0.2, 0.25) is 0 Å². The number of carbonyl (C=O) groups is 3. The number of rotatable bonds is 7. The number of hydrogen-bond acceptors (Lipinski definition) is 8. The van der Waals surface area contributed by atoms with E-state index in [-0.39, 0.29) is 34.3 Å². The standard InChI is InChI=1S/C20H18N4O8/c1-31-15-8-11(9-16(32-2)18(15)26)7-14-19(27)23(20(28)22-14)10-17(25)21-12-3-5-13(6-4-12)24(29)30/h3-9,26H,10H2,1-2H3,(H,21,25)(H,22,28)/b14-7-. The van der Waals surface area contributed by atoms with Gasteiger partial charge in [0.2, 0.25) is 11.7 Å². The number of anilines is 1. The van der Waals surface area contributed by atoms with Gasteiger partial charge in [-0.1, -0.05) is 0 Å². The molecule has 1 saturated heterocycles. The molecule has 4 amide bonds. The number of ether oxygens (including phenoxy) is 2. The van der Waals surface area contributed by atoms with E-state index >= 15 is 0 Å². The van der Waals surface area contributed by atoms with E-state index in [2.05, 4.69) is 10.6 Å². The number of nitrogens with zero attached hydrogens (tertiary/aromatic N) is 2. The van der Waals surface area contributed by atoms with Crippen LogP contribution in [0.4, 0.5) is 16.2 Å². The van der Waals surface area contributed by atoms with E-state index in [1.54, 1.807) is 0 Å². The van der Waals surface area contributed by atoms with Crippen molar-refractivity contribution in [2.75, 3.05) is 26.1 Å². The number of non-ortho nitro benzene ring substituents is 1. The second kappa shape index (κ2) is 9.04. The second-order valence-electron chi connectivity index (χ2n) is 6.51. The van der Waals surface area contributed by atoms with Crippen molar-refractivity contribution in [2.45, 2.75) is 0 Å². The molecule has 0 bridgehead atoms. The molecule has 1 heterocycles. The number of urea groups is 1. The zero-order valence-corrected chi connectivity index (χ0v) is 16.9. The number of hydrogen-bond donors (Lipinski definition) is 3. The van der Waals surface area contributed by atoms with E-state index in [9.17, 15) is 29.6 Å². The van der Waals surface area contributed by atoms with Gasteiger partial charge in [0.25, 0.3) is 11.6 Å². The number of carbonyl (C=O) groups excluding carboxylic acids is 3. The molecular formula is C20H18N4O8. The molecule has 0 spiro atoms. The number of nitro benzene ring substituents is 1. The number of amides is 4. The third-order valence-electron chi connectivity index (χ3n) is 4.44. The van der Waals surface area contributed by atoms with Crippen LogP contribution in [0.15, 0.2) is 42.1 Å². The first kappa shape index (κ1) is 22.1. The number of phenols is 1. The van der Waals surface area contributed by atoms with Gasteiger partial charge >= 0.3 is 6.03 Å². The Hall–Kier alpha value is -4.61. The van der Waals surface area contributed by atoms with Gasteiger partial charge < -0.3 is 25.2 Å². The molecule has 0 radical (unpaired) electrons. The summed E-state index contributed by atoms with van der Waals surface area (Å²) < 4.78 is 10.1. The molecule has 32 heavy (non-hydrogen) atoms. The van der Waals surface area contributed by atoms with E-state index in [0.717, 1.165) is 0 Å². The lowest BCUT2D eigenvalue weighted by molar-refractivity contribution is -0.384. The second-order valence-corrected chi connectivity index (χ2v) is 6.51. The lowest BCUT2D eigenvalue weighted by atomic mass is 10.1. The highest BCUT2D eigenvalue weighted by Crippen LogP contribution is 2.37. The Labute approximate surface area is 181 Å². The maximum atomic E-state index is 12.6. The quantitative estimate of drug-likeness (QED) is 0.253. The molecule has 0 unspecified atom stereocenters. The molecule has 1 fully saturated rings.